The summed E-state index contributed by atoms with van der Waals surface area (Å²) in [6.45, 7) is 3.49. The summed E-state index contributed by atoms with van der Waals surface area (Å²) in [5, 5.41) is 9.77. The summed E-state index contributed by atoms with van der Waals surface area (Å²) in [5.74, 6) is 0.299. The van der Waals surface area contributed by atoms with E-state index in [2.05, 4.69) is 11.8 Å². The average molecular weight is 252 g/mol. The van der Waals surface area contributed by atoms with Crippen LogP contribution in [0.5, 0.6) is 0 Å². The number of carbonyl (C=O) groups excluding carboxylic acids is 1. The summed E-state index contributed by atoms with van der Waals surface area (Å²) >= 11 is 0. The monoisotopic (exact) mass is 252 g/mol. The lowest BCUT2D eigenvalue weighted by atomic mass is 10.00. The van der Waals surface area contributed by atoms with E-state index in [0.717, 1.165) is 32.2 Å². The zero-order valence-corrected chi connectivity index (χ0v) is 11.2. The van der Waals surface area contributed by atoms with Gasteiger partial charge < -0.3 is 10.0 Å². The number of aliphatic hydroxyl groups is 1. The lowest BCUT2D eigenvalue weighted by Crippen LogP contribution is -2.50. The van der Waals surface area contributed by atoms with Crippen molar-refractivity contribution in [2.75, 3.05) is 13.1 Å². The van der Waals surface area contributed by atoms with E-state index >= 15 is 0 Å². The number of carbonyl (C=O) groups is 1. The van der Waals surface area contributed by atoms with Crippen LogP contribution in [-0.2, 0) is 4.79 Å². The lowest BCUT2D eigenvalue weighted by molar-refractivity contribution is -0.134. The van der Waals surface area contributed by atoms with Crippen molar-refractivity contribution in [2.45, 2.75) is 69.7 Å². The molecule has 3 rings (SSSR count). The predicted octanol–water partition coefficient (Wildman–Crippen LogP) is 0.985. The second kappa shape index (κ2) is 4.82. The molecular formula is C14H24N2O2. The van der Waals surface area contributed by atoms with Crippen LogP contribution >= 0.6 is 0 Å². The molecule has 0 aromatic heterocycles. The van der Waals surface area contributed by atoms with Gasteiger partial charge in [-0.05, 0) is 45.4 Å². The molecule has 1 aliphatic carbocycles. The number of piperidine rings is 1. The first-order valence-electron chi connectivity index (χ1n) is 7.42. The van der Waals surface area contributed by atoms with Crippen molar-refractivity contribution >= 4 is 5.91 Å². The van der Waals surface area contributed by atoms with Gasteiger partial charge in [0.15, 0.2) is 0 Å². The first-order chi connectivity index (χ1) is 8.69. The fraction of sp³-hybridized carbons (Fsp3) is 0.929. The predicted molar refractivity (Wildman–Crippen MR) is 69.2 cm³/mol. The summed E-state index contributed by atoms with van der Waals surface area (Å²) < 4.78 is 0. The highest BCUT2D eigenvalue weighted by atomic mass is 16.3. The Morgan fingerprint density at radius 1 is 1.22 bits per heavy atom. The van der Waals surface area contributed by atoms with Crippen molar-refractivity contribution in [3.8, 4) is 0 Å². The molecule has 2 bridgehead atoms. The third kappa shape index (κ3) is 2.28. The van der Waals surface area contributed by atoms with Crippen molar-refractivity contribution < 1.29 is 9.90 Å². The highest BCUT2D eigenvalue weighted by Gasteiger charge is 2.42. The molecule has 0 spiro atoms. The molecule has 3 fully saturated rings. The first kappa shape index (κ1) is 12.4. The number of nitrogens with zero attached hydrogens (tertiary/aromatic N) is 2. The molecule has 1 amide bonds. The van der Waals surface area contributed by atoms with Crippen molar-refractivity contribution in [3.05, 3.63) is 0 Å². The van der Waals surface area contributed by atoms with E-state index in [1.54, 1.807) is 0 Å². The number of amides is 1. The fourth-order valence-electron chi connectivity index (χ4n) is 3.78. The molecule has 4 heteroatoms. The number of likely N-dealkylation sites (N-methyl/N-ethyl adjacent to an activating group) is 1. The van der Waals surface area contributed by atoms with Crippen molar-refractivity contribution in [1.82, 2.24) is 9.80 Å². The molecule has 3 aliphatic rings. The molecule has 2 heterocycles. The lowest BCUT2D eigenvalue weighted by Gasteiger charge is -2.37. The Balaban J connectivity index is 1.61. The normalized spacial score (nSPS) is 35.8. The number of rotatable bonds is 4. The summed E-state index contributed by atoms with van der Waals surface area (Å²) in [7, 11) is 0. The van der Waals surface area contributed by atoms with Gasteiger partial charge >= 0.3 is 0 Å². The van der Waals surface area contributed by atoms with E-state index in [1.807, 2.05) is 4.90 Å². The Bertz CT molecular complexity index is 316. The zero-order chi connectivity index (χ0) is 12.7. The topological polar surface area (TPSA) is 43.8 Å². The Kier molecular flexibility index (Phi) is 3.32. The van der Waals surface area contributed by atoms with Crippen LogP contribution in [0.25, 0.3) is 0 Å². The van der Waals surface area contributed by atoms with E-state index in [0.29, 0.717) is 30.6 Å². The minimum absolute atomic E-state index is 0.139. The van der Waals surface area contributed by atoms with Crippen LogP contribution in [-0.4, -0.2) is 58.1 Å². The Labute approximate surface area is 109 Å². The highest BCUT2D eigenvalue weighted by Crippen LogP contribution is 2.36. The van der Waals surface area contributed by atoms with Crippen LogP contribution in [0.15, 0.2) is 0 Å². The van der Waals surface area contributed by atoms with Gasteiger partial charge in [-0.2, -0.15) is 0 Å². The van der Waals surface area contributed by atoms with E-state index in [4.69, 9.17) is 0 Å². The molecule has 4 nitrogen and oxygen atoms in total. The molecule has 2 saturated heterocycles. The van der Waals surface area contributed by atoms with Gasteiger partial charge in [-0.25, -0.2) is 0 Å². The smallest absolute Gasteiger partial charge is 0.237 e. The highest BCUT2D eigenvalue weighted by molar-refractivity contribution is 5.79. The number of hydrogen-bond donors (Lipinski definition) is 1. The molecule has 102 valence electrons. The third-order valence-corrected chi connectivity index (χ3v) is 4.83. The molecule has 2 unspecified atom stereocenters. The van der Waals surface area contributed by atoms with Crippen molar-refractivity contribution in [1.29, 1.82) is 0 Å². The molecule has 0 aromatic carbocycles. The van der Waals surface area contributed by atoms with Crippen molar-refractivity contribution in [3.63, 3.8) is 0 Å². The maximum Gasteiger partial charge on any atom is 0.237 e. The molecule has 1 N–H and O–H groups in total. The van der Waals surface area contributed by atoms with Crippen molar-refractivity contribution in [2.24, 2.45) is 0 Å². The maximum atomic E-state index is 12.3. The number of fused-ring (bicyclic) bond motifs is 2. The van der Waals surface area contributed by atoms with E-state index in [1.165, 1.54) is 12.8 Å². The van der Waals surface area contributed by atoms with Gasteiger partial charge in [0.25, 0.3) is 0 Å². The second-order valence-corrected chi connectivity index (χ2v) is 6.09. The van der Waals surface area contributed by atoms with Gasteiger partial charge in [-0.15, -0.1) is 0 Å². The van der Waals surface area contributed by atoms with E-state index in [9.17, 15) is 9.90 Å². The number of hydrogen-bond acceptors (Lipinski definition) is 3. The minimum atomic E-state index is -0.139. The molecule has 0 radical (unpaired) electrons. The standard InChI is InChI=1S/C14H24N2O2/c1-2-15(10-3-4-10)14(18)9-16-11-5-6-12(16)8-13(17)7-11/h10-13,17H,2-9H2,1H3. The Hall–Kier alpha value is -0.610. The summed E-state index contributed by atoms with van der Waals surface area (Å²) in [6, 6.07) is 1.41. The van der Waals surface area contributed by atoms with Gasteiger partial charge in [0.2, 0.25) is 5.91 Å². The van der Waals surface area contributed by atoms with Crippen LogP contribution in [0.2, 0.25) is 0 Å². The summed E-state index contributed by atoms with van der Waals surface area (Å²) in [5.41, 5.74) is 0. The quantitative estimate of drug-likeness (QED) is 0.811. The van der Waals surface area contributed by atoms with Gasteiger partial charge in [-0.3, -0.25) is 9.69 Å². The SMILES string of the molecule is CCN(C(=O)CN1C2CCC1CC(O)C2)C1CC1. The molecule has 2 atom stereocenters. The Morgan fingerprint density at radius 3 is 2.33 bits per heavy atom. The maximum absolute atomic E-state index is 12.3. The third-order valence-electron chi connectivity index (χ3n) is 4.83. The molecule has 18 heavy (non-hydrogen) atoms. The largest absolute Gasteiger partial charge is 0.393 e. The van der Waals surface area contributed by atoms with Gasteiger partial charge in [0.1, 0.15) is 0 Å². The van der Waals surface area contributed by atoms with E-state index < -0.39 is 0 Å². The number of aliphatic hydroxyl groups excluding tert-OH is 1. The average Bonchev–Trinajstić information content (AvgIpc) is 3.11. The molecule has 1 saturated carbocycles. The fourth-order valence-corrected chi connectivity index (χ4v) is 3.78. The van der Waals surface area contributed by atoms with Crippen LogP contribution in [0.1, 0.15) is 45.4 Å². The van der Waals surface area contributed by atoms with Crippen LogP contribution in [0.3, 0.4) is 0 Å². The second-order valence-electron chi connectivity index (χ2n) is 6.09. The first-order valence-corrected chi connectivity index (χ1v) is 7.42. The van der Waals surface area contributed by atoms with Crippen LogP contribution in [0.4, 0.5) is 0 Å². The molecule has 0 aromatic rings. The molecule has 2 aliphatic heterocycles. The van der Waals surface area contributed by atoms with Gasteiger partial charge in [0, 0.05) is 24.7 Å². The Morgan fingerprint density at radius 2 is 1.83 bits per heavy atom. The van der Waals surface area contributed by atoms with Crippen LogP contribution < -0.4 is 0 Å². The zero-order valence-electron chi connectivity index (χ0n) is 11.2. The van der Waals surface area contributed by atoms with Gasteiger partial charge in [-0.1, -0.05) is 0 Å². The van der Waals surface area contributed by atoms with E-state index in [-0.39, 0.29) is 6.10 Å². The summed E-state index contributed by atoms with van der Waals surface area (Å²) in [6.07, 6.45) is 6.27. The summed E-state index contributed by atoms with van der Waals surface area (Å²) in [4.78, 5) is 16.8. The minimum Gasteiger partial charge on any atom is -0.393 e. The van der Waals surface area contributed by atoms with Gasteiger partial charge in [0.05, 0.1) is 12.6 Å². The van der Waals surface area contributed by atoms with Crippen LogP contribution in [0, 0.1) is 0 Å². The molecular weight excluding hydrogens is 228 g/mol.